The molecule has 37 heavy (non-hydrogen) atoms. The highest BCUT2D eigenvalue weighted by Crippen LogP contribution is 2.48. The first-order valence-corrected chi connectivity index (χ1v) is 12.1. The minimum atomic E-state index is -0.848. The number of hydrogen-bond acceptors (Lipinski definition) is 4. The molecular formula is C28H23ClFN3O4. The molecular weight excluding hydrogens is 497 g/mol. The number of ether oxygens (including phenoxy) is 1. The second-order valence-electron chi connectivity index (χ2n) is 8.96. The molecule has 1 aliphatic carbocycles. The van der Waals surface area contributed by atoms with E-state index in [4.69, 9.17) is 16.3 Å². The number of aliphatic carboxylic acids is 1. The normalized spacial score (nSPS) is 14.6. The van der Waals surface area contributed by atoms with E-state index in [1.165, 1.54) is 4.68 Å². The Labute approximate surface area is 217 Å². The predicted octanol–water partition coefficient (Wildman–Crippen LogP) is 6.76. The number of nitrogens with zero attached hydrogens (tertiary/aromatic N) is 2. The fraction of sp³-hybridized carbons (Fsp3) is 0.179. The van der Waals surface area contributed by atoms with Gasteiger partial charge in [-0.15, -0.1) is 0 Å². The van der Waals surface area contributed by atoms with Gasteiger partial charge >= 0.3 is 12.1 Å². The van der Waals surface area contributed by atoms with E-state index in [2.05, 4.69) is 10.4 Å². The molecule has 3 aromatic carbocycles. The molecule has 0 bridgehead atoms. The molecule has 0 unspecified atom stereocenters. The van der Waals surface area contributed by atoms with E-state index >= 15 is 0 Å². The van der Waals surface area contributed by atoms with Crippen LogP contribution < -0.4 is 5.32 Å². The highest BCUT2D eigenvalue weighted by atomic mass is 35.5. The number of carboxylic acid groups (broad SMARTS) is 1. The Bertz CT molecular complexity index is 1460. The fourth-order valence-electron chi connectivity index (χ4n) is 4.32. The summed E-state index contributed by atoms with van der Waals surface area (Å²) in [7, 11) is 0. The van der Waals surface area contributed by atoms with Crippen molar-refractivity contribution in [1.29, 1.82) is 0 Å². The SMILES string of the molecule is C[C@@H](OC(=O)Nc1c(F)cnn1-c1ccc(-c2ccc(C3(C(=O)O)CC3)cc2)cc1)c1ccccc1Cl. The van der Waals surface area contributed by atoms with Crippen molar-refractivity contribution in [3.63, 3.8) is 0 Å². The molecule has 1 aliphatic rings. The van der Waals surface area contributed by atoms with Crippen LogP contribution in [0.2, 0.25) is 5.02 Å². The Morgan fingerprint density at radius 2 is 1.68 bits per heavy atom. The number of nitrogens with one attached hydrogen (secondary N) is 1. The second-order valence-corrected chi connectivity index (χ2v) is 9.37. The molecule has 0 saturated heterocycles. The number of aromatic nitrogens is 2. The Hall–Kier alpha value is -4.17. The van der Waals surface area contributed by atoms with E-state index in [0.29, 0.717) is 29.1 Å². The summed E-state index contributed by atoms with van der Waals surface area (Å²) in [6, 6.07) is 21.7. The molecule has 1 heterocycles. The van der Waals surface area contributed by atoms with E-state index in [9.17, 15) is 19.1 Å². The largest absolute Gasteiger partial charge is 0.481 e. The molecule has 1 aromatic heterocycles. The van der Waals surface area contributed by atoms with Crippen LogP contribution in [0, 0.1) is 5.82 Å². The lowest BCUT2D eigenvalue weighted by atomic mass is 9.94. The zero-order valence-corrected chi connectivity index (χ0v) is 20.6. The zero-order valence-electron chi connectivity index (χ0n) is 19.8. The molecule has 0 radical (unpaired) electrons. The number of carbonyl (C=O) groups is 2. The number of carbonyl (C=O) groups excluding carboxylic acids is 1. The number of anilines is 1. The Balaban J connectivity index is 1.30. The molecule has 1 atom stereocenters. The summed E-state index contributed by atoms with van der Waals surface area (Å²) in [6.07, 6.45) is 0.818. The van der Waals surface area contributed by atoms with Gasteiger partial charge in [-0.1, -0.05) is 66.2 Å². The Morgan fingerprint density at radius 3 is 2.27 bits per heavy atom. The van der Waals surface area contributed by atoms with Crippen LogP contribution in [0.25, 0.3) is 16.8 Å². The molecule has 1 saturated carbocycles. The molecule has 2 N–H and O–H groups in total. The zero-order chi connectivity index (χ0) is 26.2. The van der Waals surface area contributed by atoms with Gasteiger partial charge in [0, 0.05) is 10.6 Å². The number of rotatable bonds is 7. The lowest BCUT2D eigenvalue weighted by Crippen LogP contribution is -2.19. The summed E-state index contributed by atoms with van der Waals surface area (Å²) in [4.78, 5) is 24.1. The van der Waals surface area contributed by atoms with Crippen LogP contribution in [-0.2, 0) is 14.9 Å². The van der Waals surface area contributed by atoms with E-state index in [1.807, 2.05) is 36.4 Å². The average molecular weight is 520 g/mol. The first-order chi connectivity index (χ1) is 17.8. The number of hydrogen-bond donors (Lipinski definition) is 2. The maximum absolute atomic E-state index is 14.5. The number of benzene rings is 3. The Morgan fingerprint density at radius 1 is 1.05 bits per heavy atom. The van der Waals surface area contributed by atoms with Crippen molar-refractivity contribution in [1.82, 2.24) is 9.78 Å². The molecule has 188 valence electrons. The smallest absolute Gasteiger partial charge is 0.413 e. The number of amides is 1. The first-order valence-electron chi connectivity index (χ1n) is 11.7. The van der Waals surface area contributed by atoms with Gasteiger partial charge in [-0.05, 0) is 54.7 Å². The monoisotopic (exact) mass is 519 g/mol. The van der Waals surface area contributed by atoms with Gasteiger partial charge in [0.2, 0.25) is 0 Å². The van der Waals surface area contributed by atoms with Crippen molar-refractivity contribution in [2.45, 2.75) is 31.3 Å². The summed E-state index contributed by atoms with van der Waals surface area (Å²) < 4.78 is 21.2. The van der Waals surface area contributed by atoms with Crippen molar-refractivity contribution in [2.24, 2.45) is 0 Å². The van der Waals surface area contributed by atoms with Gasteiger partial charge in [0.1, 0.15) is 6.10 Å². The van der Waals surface area contributed by atoms with Crippen molar-refractivity contribution >= 4 is 29.5 Å². The second kappa shape index (κ2) is 9.71. The third kappa shape index (κ3) is 4.80. The lowest BCUT2D eigenvalue weighted by molar-refractivity contribution is -0.140. The third-order valence-corrected chi connectivity index (χ3v) is 6.96. The first kappa shape index (κ1) is 24.5. The summed E-state index contributed by atoms with van der Waals surface area (Å²) >= 11 is 6.17. The van der Waals surface area contributed by atoms with E-state index in [0.717, 1.165) is 22.9 Å². The maximum atomic E-state index is 14.5. The van der Waals surface area contributed by atoms with Gasteiger partial charge in [0.15, 0.2) is 11.6 Å². The molecule has 1 amide bonds. The molecule has 4 aromatic rings. The minimum absolute atomic E-state index is 0.156. The van der Waals surface area contributed by atoms with Crippen LogP contribution in [0.3, 0.4) is 0 Å². The van der Waals surface area contributed by atoms with Gasteiger partial charge in [0.05, 0.1) is 17.3 Å². The van der Waals surface area contributed by atoms with Gasteiger partial charge in [-0.2, -0.15) is 5.10 Å². The van der Waals surface area contributed by atoms with Crippen molar-refractivity contribution in [3.05, 3.63) is 101 Å². The van der Waals surface area contributed by atoms with Crippen LogP contribution >= 0.6 is 11.6 Å². The molecule has 9 heteroatoms. The molecule has 0 aliphatic heterocycles. The molecule has 0 spiro atoms. The fourth-order valence-corrected chi connectivity index (χ4v) is 4.61. The number of halogens is 2. The van der Waals surface area contributed by atoms with Crippen molar-refractivity contribution in [2.75, 3.05) is 5.32 Å². The topological polar surface area (TPSA) is 93.5 Å². The van der Waals surface area contributed by atoms with Crippen LogP contribution in [-0.4, -0.2) is 26.9 Å². The van der Waals surface area contributed by atoms with Crippen LogP contribution in [0.4, 0.5) is 15.0 Å². The van der Waals surface area contributed by atoms with E-state index in [-0.39, 0.29) is 5.82 Å². The van der Waals surface area contributed by atoms with Gasteiger partial charge in [-0.25, -0.2) is 13.9 Å². The summed E-state index contributed by atoms with van der Waals surface area (Å²) in [5.74, 6) is -1.66. The number of carboxylic acids is 1. The predicted molar refractivity (Wildman–Crippen MR) is 137 cm³/mol. The summed E-state index contributed by atoms with van der Waals surface area (Å²) in [6.45, 7) is 1.67. The minimum Gasteiger partial charge on any atom is -0.481 e. The molecule has 5 rings (SSSR count). The van der Waals surface area contributed by atoms with Crippen molar-refractivity contribution < 1.29 is 23.8 Å². The summed E-state index contributed by atoms with van der Waals surface area (Å²) in [5, 5.41) is 16.4. The Kier molecular flexibility index (Phi) is 6.43. The van der Waals surface area contributed by atoms with Crippen molar-refractivity contribution in [3.8, 4) is 16.8 Å². The van der Waals surface area contributed by atoms with Gasteiger partial charge in [-0.3, -0.25) is 10.1 Å². The molecule has 7 nitrogen and oxygen atoms in total. The van der Waals surface area contributed by atoms with Crippen LogP contribution in [0.5, 0.6) is 0 Å². The standard InChI is InChI=1S/C28H23ClFN3O4/c1-17(22-4-2-3-5-23(22)29)37-27(36)32-25-24(30)16-31-33(25)21-12-8-19(9-13-21)18-6-10-20(11-7-18)28(14-15-28)26(34)35/h2-13,16-17H,14-15H2,1H3,(H,32,36)(H,34,35)/t17-/m1/s1. The quantitative estimate of drug-likeness (QED) is 0.281. The van der Waals surface area contributed by atoms with Gasteiger partial charge in [0.25, 0.3) is 0 Å². The highest BCUT2D eigenvalue weighted by Gasteiger charge is 2.51. The highest BCUT2D eigenvalue weighted by molar-refractivity contribution is 6.31. The third-order valence-electron chi connectivity index (χ3n) is 6.61. The van der Waals surface area contributed by atoms with Gasteiger partial charge < -0.3 is 9.84 Å². The lowest BCUT2D eigenvalue weighted by Gasteiger charge is -2.16. The van der Waals surface area contributed by atoms with E-state index in [1.54, 1.807) is 43.3 Å². The molecule has 1 fully saturated rings. The van der Waals surface area contributed by atoms with Crippen LogP contribution in [0.1, 0.15) is 37.0 Å². The summed E-state index contributed by atoms with van der Waals surface area (Å²) in [5.41, 5.74) is 3.03. The average Bonchev–Trinajstić information content (AvgIpc) is 3.64. The van der Waals surface area contributed by atoms with E-state index < -0.39 is 29.4 Å². The maximum Gasteiger partial charge on any atom is 0.413 e. The van der Waals surface area contributed by atoms with Crippen LogP contribution in [0.15, 0.2) is 79.0 Å².